The number of benzene rings is 1. The molecule has 7 heteroatoms. The largest absolute Gasteiger partial charge is 0.452 e. The summed E-state index contributed by atoms with van der Waals surface area (Å²) in [7, 11) is 0. The highest BCUT2D eigenvalue weighted by atomic mass is 19.4. The smallest absolute Gasteiger partial charge is 0.420 e. The van der Waals surface area contributed by atoms with Gasteiger partial charge in [0.1, 0.15) is 5.58 Å². The van der Waals surface area contributed by atoms with Crippen molar-refractivity contribution in [1.82, 2.24) is 4.98 Å². The maximum atomic E-state index is 13.3. The molecule has 2 aromatic heterocycles. The maximum absolute atomic E-state index is 13.3. The third-order valence-electron chi connectivity index (χ3n) is 3.34. The number of Topliss-reactive ketones (excluding diaryl/α,β-unsaturated/α-hetero) is 1. The van der Waals surface area contributed by atoms with E-state index in [9.17, 15) is 18.0 Å². The molecule has 0 aliphatic heterocycles. The lowest BCUT2D eigenvalue weighted by atomic mass is 10.0. The number of rotatable bonds is 3. The quantitative estimate of drug-likeness (QED) is 0.748. The van der Waals surface area contributed by atoms with Crippen molar-refractivity contribution >= 4 is 16.8 Å². The van der Waals surface area contributed by atoms with Crippen molar-refractivity contribution in [1.29, 1.82) is 0 Å². The van der Waals surface area contributed by atoms with Crippen molar-refractivity contribution in [2.75, 3.05) is 6.54 Å². The third-order valence-corrected chi connectivity index (χ3v) is 3.34. The minimum absolute atomic E-state index is 0.178. The number of alkyl halides is 3. The molecule has 0 unspecified atom stereocenters. The molecule has 0 saturated heterocycles. The molecule has 0 radical (unpaired) electrons. The van der Waals surface area contributed by atoms with E-state index in [1.54, 1.807) is 18.2 Å². The molecule has 0 spiro atoms. The van der Waals surface area contributed by atoms with Crippen LogP contribution < -0.4 is 5.73 Å². The number of halogens is 3. The number of hydrogen-bond donors (Lipinski definition) is 1. The standard InChI is InChI=1S/C16H11F3N2O2/c17-16(18,19)11-6-9(12-3-1-2-4-21-12)5-10-7-14(13(22)8-20)23-15(10)11/h1-7H,8,20H2. The van der Waals surface area contributed by atoms with Gasteiger partial charge in [-0.15, -0.1) is 0 Å². The predicted molar refractivity (Wildman–Crippen MR) is 77.8 cm³/mol. The van der Waals surface area contributed by atoms with E-state index < -0.39 is 17.5 Å². The summed E-state index contributed by atoms with van der Waals surface area (Å²) in [6.45, 7) is -0.339. The van der Waals surface area contributed by atoms with Crippen LogP contribution in [-0.4, -0.2) is 17.3 Å². The predicted octanol–water partition coefficient (Wildman–Crippen LogP) is 3.66. The molecule has 4 nitrogen and oxygen atoms in total. The molecule has 1 aromatic carbocycles. The summed E-state index contributed by atoms with van der Waals surface area (Å²) in [5.41, 5.74) is 4.58. The van der Waals surface area contributed by atoms with Gasteiger partial charge >= 0.3 is 6.18 Å². The fourth-order valence-corrected chi connectivity index (χ4v) is 2.28. The van der Waals surface area contributed by atoms with Gasteiger partial charge in [-0.25, -0.2) is 0 Å². The lowest BCUT2D eigenvalue weighted by Crippen LogP contribution is -2.12. The molecule has 3 rings (SSSR count). The second kappa shape index (κ2) is 5.51. The third kappa shape index (κ3) is 2.83. The van der Waals surface area contributed by atoms with Crippen molar-refractivity contribution in [3.05, 3.63) is 53.9 Å². The minimum atomic E-state index is -4.62. The summed E-state index contributed by atoms with van der Waals surface area (Å²) in [4.78, 5) is 15.6. The second-order valence-corrected chi connectivity index (χ2v) is 4.89. The number of carbonyl (C=O) groups is 1. The van der Waals surface area contributed by atoms with Crippen LogP contribution in [0, 0.1) is 0 Å². The van der Waals surface area contributed by atoms with Crippen molar-refractivity contribution in [3.8, 4) is 11.3 Å². The maximum Gasteiger partial charge on any atom is 0.420 e. The first-order valence-corrected chi connectivity index (χ1v) is 6.69. The van der Waals surface area contributed by atoms with Crippen molar-refractivity contribution in [2.45, 2.75) is 6.18 Å². The number of nitrogens with two attached hydrogens (primary N) is 1. The summed E-state index contributed by atoms with van der Waals surface area (Å²) in [5, 5.41) is 0.178. The van der Waals surface area contributed by atoms with E-state index in [2.05, 4.69) is 4.98 Å². The second-order valence-electron chi connectivity index (χ2n) is 4.89. The molecule has 0 atom stereocenters. The van der Waals surface area contributed by atoms with Gasteiger partial charge in [0.15, 0.2) is 5.76 Å². The van der Waals surface area contributed by atoms with E-state index in [4.69, 9.17) is 10.2 Å². The van der Waals surface area contributed by atoms with Gasteiger partial charge in [-0.1, -0.05) is 6.07 Å². The molecular weight excluding hydrogens is 309 g/mol. The van der Waals surface area contributed by atoms with E-state index in [1.807, 2.05) is 0 Å². The van der Waals surface area contributed by atoms with Gasteiger partial charge in [0.25, 0.3) is 0 Å². The Bertz CT molecular complexity index is 870. The molecule has 0 aliphatic carbocycles. The Morgan fingerprint density at radius 3 is 2.61 bits per heavy atom. The van der Waals surface area contributed by atoms with Gasteiger partial charge in [0.05, 0.1) is 17.8 Å². The van der Waals surface area contributed by atoms with Gasteiger partial charge in [-0.05, 0) is 30.3 Å². The average Bonchev–Trinajstić information content (AvgIpc) is 2.96. The van der Waals surface area contributed by atoms with Crippen LogP contribution in [0.5, 0.6) is 0 Å². The highest BCUT2D eigenvalue weighted by Gasteiger charge is 2.35. The summed E-state index contributed by atoms with van der Waals surface area (Å²) in [5.74, 6) is -0.750. The van der Waals surface area contributed by atoms with Crippen LogP contribution in [-0.2, 0) is 6.18 Å². The fraction of sp³-hybridized carbons (Fsp3) is 0.125. The zero-order valence-corrected chi connectivity index (χ0v) is 11.7. The number of fused-ring (bicyclic) bond motifs is 1. The highest BCUT2D eigenvalue weighted by molar-refractivity contribution is 6.00. The highest BCUT2D eigenvalue weighted by Crippen LogP contribution is 2.39. The molecule has 0 amide bonds. The van der Waals surface area contributed by atoms with Crippen LogP contribution in [0.4, 0.5) is 13.2 Å². The van der Waals surface area contributed by atoms with E-state index in [-0.39, 0.29) is 28.8 Å². The average molecular weight is 320 g/mol. The number of aromatic nitrogens is 1. The molecule has 0 bridgehead atoms. The van der Waals surface area contributed by atoms with Crippen molar-refractivity contribution in [2.24, 2.45) is 5.73 Å². The number of pyridine rings is 1. The first-order valence-electron chi connectivity index (χ1n) is 6.69. The van der Waals surface area contributed by atoms with Gasteiger partial charge in [0.2, 0.25) is 5.78 Å². The van der Waals surface area contributed by atoms with Gasteiger partial charge < -0.3 is 10.2 Å². The zero-order valence-electron chi connectivity index (χ0n) is 11.7. The Hall–Kier alpha value is -2.67. The van der Waals surface area contributed by atoms with Gasteiger partial charge in [0, 0.05) is 17.1 Å². The lowest BCUT2D eigenvalue weighted by molar-refractivity contribution is -0.136. The number of nitrogens with zero attached hydrogens (tertiary/aromatic N) is 1. The first kappa shape index (κ1) is 15.2. The molecule has 23 heavy (non-hydrogen) atoms. The number of hydrogen-bond acceptors (Lipinski definition) is 4. The van der Waals surface area contributed by atoms with E-state index in [1.165, 1.54) is 18.3 Å². The molecule has 0 aliphatic rings. The van der Waals surface area contributed by atoms with Gasteiger partial charge in [-0.2, -0.15) is 13.2 Å². The Labute approximate surface area is 128 Å². The molecular formula is C16H11F3N2O2. The number of ketones is 1. The van der Waals surface area contributed by atoms with Crippen LogP contribution in [0.1, 0.15) is 16.1 Å². The number of furan rings is 1. The fourth-order valence-electron chi connectivity index (χ4n) is 2.28. The van der Waals surface area contributed by atoms with Crippen LogP contribution in [0.15, 0.2) is 47.0 Å². The summed E-state index contributed by atoms with van der Waals surface area (Å²) in [6, 6.07) is 8.69. The van der Waals surface area contributed by atoms with Crippen molar-refractivity contribution in [3.63, 3.8) is 0 Å². The molecule has 0 fully saturated rings. The molecule has 0 saturated carbocycles. The van der Waals surface area contributed by atoms with E-state index >= 15 is 0 Å². The number of carbonyl (C=O) groups excluding carboxylic acids is 1. The Morgan fingerprint density at radius 2 is 2.00 bits per heavy atom. The van der Waals surface area contributed by atoms with Crippen LogP contribution >= 0.6 is 0 Å². The summed E-state index contributed by atoms with van der Waals surface area (Å²) < 4.78 is 45.0. The molecule has 3 aromatic rings. The topological polar surface area (TPSA) is 69.1 Å². The summed E-state index contributed by atoms with van der Waals surface area (Å²) >= 11 is 0. The Balaban J connectivity index is 2.27. The Kier molecular flexibility index (Phi) is 3.65. The summed E-state index contributed by atoms with van der Waals surface area (Å²) in [6.07, 6.45) is -3.13. The molecule has 2 N–H and O–H groups in total. The van der Waals surface area contributed by atoms with Crippen LogP contribution in [0.25, 0.3) is 22.2 Å². The Morgan fingerprint density at radius 1 is 1.22 bits per heavy atom. The van der Waals surface area contributed by atoms with Crippen LogP contribution in [0.2, 0.25) is 0 Å². The molecule has 118 valence electrons. The van der Waals surface area contributed by atoms with E-state index in [0.717, 1.165) is 6.07 Å². The minimum Gasteiger partial charge on any atom is -0.452 e. The first-order chi connectivity index (χ1) is 10.9. The van der Waals surface area contributed by atoms with Crippen LogP contribution in [0.3, 0.4) is 0 Å². The lowest BCUT2D eigenvalue weighted by Gasteiger charge is -2.09. The van der Waals surface area contributed by atoms with E-state index in [0.29, 0.717) is 5.69 Å². The van der Waals surface area contributed by atoms with Gasteiger partial charge in [-0.3, -0.25) is 9.78 Å². The van der Waals surface area contributed by atoms with Crippen molar-refractivity contribution < 1.29 is 22.4 Å². The monoisotopic (exact) mass is 320 g/mol. The zero-order chi connectivity index (χ0) is 16.6. The SMILES string of the molecule is NCC(=O)c1cc2cc(-c3ccccn3)cc(C(F)(F)F)c2o1. The normalized spacial score (nSPS) is 11.8. The molecule has 2 heterocycles.